The maximum absolute atomic E-state index is 14.6. The van der Waals surface area contributed by atoms with E-state index in [1.165, 1.54) is 28.4 Å². The fraction of sp³-hybridized carbons (Fsp3) is 0.710. The maximum Gasteiger partial charge on any atom is 0.398 e. The first-order valence-corrected chi connectivity index (χ1v) is 16.6. The quantitative estimate of drug-likeness (QED) is 0.263. The number of carbonyl (C=O) groups excluding carboxylic acids is 1. The van der Waals surface area contributed by atoms with Crippen molar-refractivity contribution in [2.75, 3.05) is 44.3 Å². The molecule has 4 atom stereocenters. The van der Waals surface area contributed by atoms with Gasteiger partial charge in [-0.1, -0.05) is 19.3 Å². The van der Waals surface area contributed by atoms with Gasteiger partial charge in [0.1, 0.15) is 17.5 Å². The number of thiazole rings is 1. The number of hydrogen-bond donors (Lipinski definition) is 4. The van der Waals surface area contributed by atoms with Gasteiger partial charge in [-0.15, -0.1) is 11.3 Å². The lowest BCUT2D eigenvalue weighted by Crippen LogP contribution is -2.68. The van der Waals surface area contributed by atoms with Gasteiger partial charge in [-0.3, -0.25) is 9.69 Å². The molecular formula is C31H40F4N4O6S. The summed E-state index contributed by atoms with van der Waals surface area (Å²) in [5.41, 5.74) is -1.09. The lowest BCUT2D eigenvalue weighted by Gasteiger charge is -2.53. The number of nitrogens with one attached hydrogen (secondary N) is 1. The standard InChI is InChI=1S/C31H40F4N4O6S/c1-18(45-16-28(15-40)5-3-2-4-6-28)23(26(42)43)37-25(41)20-11-38(22-10-19(32)9-21-24(22)46-17-36-21)12-29(20)13-39(14-29)27(44)30(7-8-30)31(33,34)35/h9-10,17-18,20,23,27,40,44H,2-8,11-16H2,1H3,(H,37,41)(H,42,43)/t18-,20+,23+,27?/m1/s1. The molecule has 2 aliphatic carbocycles. The normalized spacial score (nSPS) is 25.6. The summed E-state index contributed by atoms with van der Waals surface area (Å²) in [5.74, 6) is -3.32. The largest absolute Gasteiger partial charge is 0.480 e. The lowest BCUT2D eigenvalue weighted by molar-refractivity contribution is -0.256. The Kier molecular flexibility index (Phi) is 8.79. The van der Waals surface area contributed by atoms with Crippen LogP contribution in [0.5, 0.6) is 0 Å². The molecule has 1 amide bonds. The van der Waals surface area contributed by atoms with Crippen LogP contribution in [0.25, 0.3) is 10.2 Å². The molecule has 4 N–H and O–H groups in total. The number of aromatic nitrogens is 1. The number of likely N-dealkylation sites (tertiary alicyclic amines) is 1. The lowest BCUT2D eigenvalue weighted by atomic mass is 9.70. The molecule has 1 aromatic carbocycles. The number of hydrogen-bond acceptors (Lipinski definition) is 9. The molecule has 6 rings (SSSR count). The Morgan fingerprint density at radius 2 is 1.85 bits per heavy atom. The van der Waals surface area contributed by atoms with Gasteiger partial charge in [-0.05, 0) is 38.7 Å². The molecule has 2 saturated heterocycles. The Morgan fingerprint density at radius 1 is 1.15 bits per heavy atom. The molecule has 4 fully saturated rings. The molecule has 1 spiro atoms. The second-order valence-corrected chi connectivity index (χ2v) is 14.8. The predicted octanol–water partition coefficient (Wildman–Crippen LogP) is 3.75. The number of anilines is 1. The molecule has 2 aromatic rings. The number of aliphatic hydroxyl groups is 2. The first-order valence-electron chi connectivity index (χ1n) is 15.8. The van der Waals surface area contributed by atoms with Gasteiger partial charge in [0.15, 0.2) is 6.04 Å². The minimum absolute atomic E-state index is 0.0233. The zero-order valence-corrected chi connectivity index (χ0v) is 26.4. The fourth-order valence-corrected chi connectivity index (χ4v) is 8.60. The molecule has 254 valence electrons. The van der Waals surface area contributed by atoms with Gasteiger partial charge in [-0.25, -0.2) is 14.2 Å². The summed E-state index contributed by atoms with van der Waals surface area (Å²) in [6.45, 7) is 1.80. The monoisotopic (exact) mass is 672 g/mol. The Labute approximate surface area is 267 Å². The van der Waals surface area contributed by atoms with E-state index < -0.39 is 64.4 Å². The zero-order valence-electron chi connectivity index (χ0n) is 25.6. The maximum atomic E-state index is 14.6. The van der Waals surface area contributed by atoms with Crippen LogP contribution in [0.4, 0.5) is 23.2 Å². The van der Waals surface area contributed by atoms with Crippen molar-refractivity contribution in [3.05, 3.63) is 23.5 Å². The summed E-state index contributed by atoms with van der Waals surface area (Å²) in [6, 6.07) is 1.20. The van der Waals surface area contributed by atoms with E-state index >= 15 is 0 Å². The number of aliphatic carboxylic acids is 1. The third-order valence-electron chi connectivity index (χ3n) is 10.8. The number of fused-ring (bicyclic) bond motifs is 1. The van der Waals surface area contributed by atoms with Crippen LogP contribution in [0.2, 0.25) is 0 Å². The van der Waals surface area contributed by atoms with Crippen molar-refractivity contribution in [3.8, 4) is 0 Å². The Bertz CT molecular complexity index is 1460. The minimum Gasteiger partial charge on any atom is -0.480 e. The highest BCUT2D eigenvalue weighted by Crippen LogP contribution is 2.62. The van der Waals surface area contributed by atoms with E-state index in [-0.39, 0.29) is 52.2 Å². The van der Waals surface area contributed by atoms with Crippen molar-refractivity contribution in [3.63, 3.8) is 0 Å². The van der Waals surface area contributed by atoms with Crippen LogP contribution in [0.15, 0.2) is 17.6 Å². The highest BCUT2D eigenvalue weighted by atomic mass is 32.1. The molecule has 2 saturated carbocycles. The average Bonchev–Trinajstić information content (AvgIpc) is 3.54. The van der Waals surface area contributed by atoms with Gasteiger partial charge in [0.2, 0.25) is 5.91 Å². The van der Waals surface area contributed by atoms with Crippen molar-refractivity contribution in [2.45, 2.75) is 76.4 Å². The third kappa shape index (κ3) is 5.86. The molecule has 0 radical (unpaired) electrons. The molecule has 15 heteroatoms. The number of nitrogens with zero attached hydrogens (tertiary/aromatic N) is 3. The highest BCUT2D eigenvalue weighted by molar-refractivity contribution is 7.17. The third-order valence-corrected chi connectivity index (χ3v) is 11.7. The second kappa shape index (κ2) is 12.1. The van der Waals surface area contributed by atoms with Crippen molar-refractivity contribution >= 4 is 39.1 Å². The predicted molar refractivity (Wildman–Crippen MR) is 161 cm³/mol. The zero-order chi connectivity index (χ0) is 33.1. The van der Waals surface area contributed by atoms with Crippen molar-refractivity contribution in [2.24, 2.45) is 22.2 Å². The summed E-state index contributed by atoms with van der Waals surface area (Å²) in [5, 5.41) is 33.6. The molecular weight excluding hydrogens is 632 g/mol. The number of carboxylic acid groups (broad SMARTS) is 1. The number of rotatable bonds is 11. The summed E-state index contributed by atoms with van der Waals surface area (Å²) in [6.07, 6.45) is -3.21. The topological polar surface area (TPSA) is 135 Å². The van der Waals surface area contributed by atoms with Crippen molar-refractivity contribution < 1.29 is 47.2 Å². The number of halogens is 4. The number of ether oxygens (including phenoxy) is 1. The van der Waals surface area contributed by atoms with Gasteiger partial charge >= 0.3 is 12.1 Å². The van der Waals surface area contributed by atoms with Crippen LogP contribution in [0.3, 0.4) is 0 Å². The smallest absolute Gasteiger partial charge is 0.398 e. The van der Waals surface area contributed by atoms with E-state index in [1.54, 1.807) is 17.3 Å². The highest BCUT2D eigenvalue weighted by Gasteiger charge is 2.71. The van der Waals surface area contributed by atoms with E-state index in [0.717, 1.165) is 32.1 Å². The first-order chi connectivity index (χ1) is 21.7. The minimum atomic E-state index is -4.58. The average molecular weight is 673 g/mol. The van der Waals surface area contributed by atoms with Crippen LogP contribution >= 0.6 is 11.3 Å². The Hall–Kier alpha value is -2.59. The number of alkyl halides is 3. The van der Waals surface area contributed by atoms with E-state index in [0.29, 0.717) is 15.9 Å². The van der Waals surface area contributed by atoms with Gasteiger partial charge in [0.25, 0.3) is 0 Å². The summed E-state index contributed by atoms with van der Waals surface area (Å²) < 4.78 is 62.7. The SMILES string of the molecule is C[C@@H](OCC1(CO)CCCCC1)[C@H](NC(=O)[C@@H]1CN(c2cc(F)cc3ncsc23)CC12CN(C(O)C1(C(F)(F)F)CC1)C2)C(=O)O. The van der Waals surface area contributed by atoms with E-state index in [9.17, 15) is 42.5 Å². The van der Waals surface area contributed by atoms with Gasteiger partial charge in [0.05, 0.1) is 46.7 Å². The van der Waals surface area contributed by atoms with Gasteiger partial charge in [0, 0.05) is 43.1 Å². The van der Waals surface area contributed by atoms with Gasteiger partial charge < -0.3 is 30.3 Å². The van der Waals surface area contributed by atoms with Gasteiger partial charge in [-0.2, -0.15) is 13.2 Å². The molecule has 0 bridgehead atoms. The van der Waals surface area contributed by atoms with Crippen molar-refractivity contribution in [1.29, 1.82) is 0 Å². The van der Waals surface area contributed by atoms with Crippen LogP contribution in [0.1, 0.15) is 51.9 Å². The van der Waals surface area contributed by atoms with Crippen LogP contribution in [-0.4, -0.2) is 101 Å². The molecule has 3 heterocycles. The summed E-state index contributed by atoms with van der Waals surface area (Å²) in [4.78, 5) is 33.7. The van der Waals surface area contributed by atoms with Crippen molar-refractivity contribution in [1.82, 2.24) is 15.2 Å². The molecule has 10 nitrogen and oxygen atoms in total. The Balaban J connectivity index is 1.22. The number of amides is 1. The second-order valence-electron chi connectivity index (χ2n) is 13.9. The fourth-order valence-electron chi connectivity index (χ4n) is 7.78. The van der Waals surface area contributed by atoms with E-state index in [4.69, 9.17) is 4.74 Å². The first kappa shape index (κ1) is 33.3. The molecule has 1 aromatic heterocycles. The number of carboxylic acids is 1. The van der Waals surface area contributed by atoms with Crippen LogP contribution in [-0.2, 0) is 14.3 Å². The summed E-state index contributed by atoms with van der Waals surface area (Å²) >= 11 is 1.29. The number of benzene rings is 1. The molecule has 46 heavy (non-hydrogen) atoms. The Morgan fingerprint density at radius 3 is 2.46 bits per heavy atom. The molecule has 1 unspecified atom stereocenters. The van der Waals surface area contributed by atoms with Crippen LogP contribution < -0.4 is 10.2 Å². The van der Waals surface area contributed by atoms with Crippen LogP contribution in [0, 0.1) is 28.0 Å². The number of aliphatic hydroxyl groups excluding tert-OH is 2. The molecule has 2 aliphatic heterocycles. The van der Waals surface area contributed by atoms with E-state index in [1.807, 2.05) is 0 Å². The molecule has 4 aliphatic rings. The number of carbonyl (C=O) groups is 2. The van der Waals surface area contributed by atoms with E-state index in [2.05, 4.69) is 10.3 Å². The summed E-state index contributed by atoms with van der Waals surface area (Å²) in [7, 11) is 0.